The first-order valence-electron chi connectivity index (χ1n) is 8.88. The summed E-state index contributed by atoms with van der Waals surface area (Å²) >= 11 is 11.2. The van der Waals surface area contributed by atoms with E-state index >= 15 is 0 Å². The van der Waals surface area contributed by atoms with Gasteiger partial charge in [-0.25, -0.2) is 0 Å². The highest BCUT2D eigenvalue weighted by Gasteiger charge is 2.37. The fourth-order valence-corrected chi connectivity index (χ4v) is 3.44. The van der Waals surface area contributed by atoms with Crippen LogP contribution in [0.15, 0.2) is 17.0 Å². The number of halogens is 2. The molecule has 0 atom stereocenters. The number of ether oxygens (including phenoxy) is 1. The summed E-state index contributed by atoms with van der Waals surface area (Å²) in [5.41, 5.74) is -3.96. The molecule has 0 spiro atoms. The second-order valence-corrected chi connectivity index (χ2v) is 7.99. The van der Waals surface area contributed by atoms with Gasteiger partial charge in [0.1, 0.15) is 0 Å². The number of benzene rings is 1. The van der Waals surface area contributed by atoms with Crippen LogP contribution in [0.25, 0.3) is 0 Å². The highest BCUT2D eigenvalue weighted by Crippen LogP contribution is 2.36. The molecule has 186 valence electrons. The van der Waals surface area contributed by atoms with Crippen molar-refractivity contribution >= 4 is 56.4 Å². The number of alkyl halides is 2. The monoisotopic (exact) mass is 534 g/mol. The lowest BCUT2D eigenvalue weighted by atomic mass is 10.2. The minimum atomic E-state index is -5.30. The number of carbonyl (C=O) groups excluding carboxylic acids is 1. The predicted octanol–water partition coefficient (Wildman–Crippen LogP) is 2.38. The number of carbonyl (C=O) groups is 1. The first kappa shape index (κ1) is 30.3. The van der Waals surface area contributed by atoms with Crippen molar-refractivity contribution in [2.45, 2.75) is 18.2 Å². The molecule has 0 saturated carbocycles. The molecule has 0 heterocycles. The van der Waals surface area contributed by atoms with Gasteiger partial charge in [0, 0.05) is 18.3 Å². The zero-order chi connectivity index (χ0) is 25.8. The van der Waals surface area contributed by atoms with Gasteiger partial charge in [-0.05, 0) is 19.9 Å². The summed E-state index contributed by atoms with van der Waals surface area (Å²) < 4.78 is 35.5. The molecule has 1 aromatic carbocycles. The average molecular weight is 535 g/mol. The Morgan fingerprint density at radius 1 is 1.03 bits per heavy atom. The van der Waals surface area contributed by atoms with Crippen LogP contribution in [0.5, 0.6) is 0 Å². The summed E-state index contributed by atoms with van der Waals surface area (Å²) in [6.45, 7) is 4.00. The molecule has 0 amide bonds. The van der Waals surface area contributed by atoms with Gasteiger partial charge >= 0.3 is 27.5 Å². The van der Waals surface area contributed by atoms with E-state index < -0.39 is 46.8 Å². The molecule has 15 nitrogen and oxygen atoms in total. The van der Waals surface area contributed by atoms with Crippen molar-refractivity contribution in [3.05, 3.63) is 42.5 Å². The molecule has 0 saturated heterocycles. The molecule has 18 heteroatoms. The fourth-order valence-electron chi connectivity index (χ4n) is 2.29. The topological polar surface area (TPSA) is 213 Å². The number of rotatable bonds is 12. The van der Waals surface area contributed by atoms with E-state index in [0.29, 0.717) is 31.5 Å². The van der Waals surface area contributed by atoms with Crippen LogP contribution in [0.4, 0.5) is 17.1 Å². The summed E-state index contributed by atoms with van der Waals surface area (Å²) in [4.78, 5) is 39.2. The zero-order valence-electron chi connectivity index (χ0n) is 17.1. The van der Waals surface area contributed by atoms with Crippen molar-refractivity contribution in [2.75, 3.05) is 38.0 Å². The standard InChI is InChI=1S/C9H17Cl2NO2.C6H3N3O9S/c1-2-14-9(13)8-12(7-5-11)6-3-4-10;10-7(11)3-1-4(8(12)13)6(19(16,17)18)5(2-3)9(14)15/h2-8H2,1H3;1-2H,(H,16,17,18). The maximum Gasteiger partial charge on any atom is 0.320 e. The molecule has 1 rings (SSSR count). The minimum Gasteiger partial charge on any atom is -0.465 e. The molecular formula is C15H20Cl2N4O11S. The van der Waals surface area contributed by atoms with Crippen molar-refractivity contribution in [3.8, 4) is 0 Å². The zero-order valence-corrected chi connectivity index (χ0v) is 19.4. The summed E-state index contributed by atoms with van der Waals surface area (Å²) in [7, 11) is -5.30. The van der Waals surface area contributed by atoms with E-state index in [0.717, 1.165) is 13.0 Å². The Morgan fingerprint density at radius 3 is 1.88 bits per heavy atom. The summed E-state index contributed by atoms with van der Waals surface area (Å²) in [5, 5.41) is 31.7. The van der Waals surface area contributed by atoms with E-state index in [1.54, 1.807) is 6.92 Å². The number of nitro benzene ring substituents is 3. The Kier molecular flexibility index (Phi) is 13.3. The number of nitrogens with zero attached hydrogens (tertiary/aromatic N) is 4. The molecule has 0 bridgehead atoms. The maximum absolute atomic E-state index is 11.2. The van der Waals surface area contributed by atoms with Gasteiger partial charge in [0.05, 0.1) is 40.1 Å². The van der Waals surface area contributed by atoms with Crippen molar-refractivity contribution in [1.29, 1.82) is 0 Å². The summed E-state index contributed by atoms with van der Waals surface area (Å²) in [6, 6.07) is 0.409. The van der Waals surface area contributed by atoms with Gasteiger partial charge in [0.25, 0.3) is 5.69 Å². The van der Waals surface area contributed by atoms with Crippen LogP contribution in [0.3, 0.4) is 0 Å². The van der Waals surface area contributed by atoms with Crippen LogP contribution in [0.1, 0.15) is 13.3 Å². The molecule has 0 fully saturated rings. The lowest BCUT2D eigenvalue weighted by Gasteiger charge is -2.19. The molecule has 0 aromatic heterocycles. The second-order valence-electron chi connectivity index (χ2n) is 5.87. The largest absolute Gasteiger partial charge is 0.465 e. The normalized spacial score (nSPS) is 10.8. The van der Waals surface area contributed by atoms with E-state index in [-0.39, 0.29) is 18.1 Å². The molecule has 33 heavy (non-hydrogen) atoms. The number of non-ortho nitro benzene ring substituents is 1. The fraction of sp³-hybridized carbons (Fsp3) is 0.533. The van der Waals surface area contributed by atoms with Crippen LogP contribution < -0.4 is 0 Å². The van der Waals surface area contributed by atoms with Crippen molar-refractivity contribution in [1.82, 2.24) is 4.90 Å². The van der Waals surface area contributed by atoms with Crippen molar-refractivity contribution < 1.29 is 37.3 Å². The highest BCUT2D eigenvalue weighted by molar-refractivity contribution is 7.86. The Bertz CT molecular complexity index is 940. The second kappa shape index (κ2) is 14.5. The third kappa shape index (κ3) is 10.7. The molecule has 0 aliphatic carbocycles. The average Bonchev–Trinajstić information content (AvgIpc) is 2.71. The SMILES string of the molecule is CCOC(=O)CN(CCCl)CCCCl.O=[N+]([O-])c1cc([N+](=O)[O-])c(S(=O)(=O)O)c([N+](=O)[O-])c1. The van der Waals surface area contributed by atoms with Crippen LogP contribution >= 0.6 is 23.2 Å². The van der Waals surface area contributed by atoms with Gasteiger partial charge in [-0.2, -0.15) is 8.42 Å². The van der Waals surface area contributed by atoms with Crippen LogP contribution in [0, 0.1) is 30.3 Å². The van der Waals surface area contributed by atoms with Crippen molar-refractivity contribution in [2.24, 2.45) is 0 Å². The third-order valence-corrected chi connectivity index (χ3v) is 4.93. The summed E-state index contributed by atoms with van der Waals surface area (Å²) in [5.74, 6) is 0.913. The van der Waals surface area contributed by atoms with Crippen LogP contribution in [-0.2, 0) is 19.6 Å². The third-order valence-electron chi connectivity index (χ3n) is 3.56. The molecule has 0 aliphatic heterocycles. The van der Waals surface area contributed by atoms with Crippen LogP contribution in [-0.4, -0.2) is 76.6 Å². The number of nitro groups is 3. The van der Waals surface area contributed by atoms with Gasteiger partial charge in [-0.3, -0.25) is 44.6 Å². The Balaban J connectivity index is 0.000000653. The summed E-state index contributed by atoms with van der Waals surface area (Å²) in [6.07, 6.45) is 0.859. The van der Waals surface area contributed by atoms with E-state index in [2.05, 4.69) is 0 Å². The first-order chi connectivity index (χ1) is 15.3. The van der Waals surface area contributed by atoms with Gasteiger partial charge in [-0.1, -0.05) is 0 Å². The maximum atomic E-state index is 11.2. The molecule has 0 aliphatic rings. The Labute approximate surface area is 197 Å². The van der Waals surface area contributed by atoms with E-state index in [1.807, 2.05) is 4.90 Å². The molecular weight excluding hydrogens is 515 g/mol. The quantitative estimate of drug-likeness (QED) is 0.134. The van der Waals surface area contributed by atoms with E-state index in [1.165, 1.54) is 0 Å². The van der Waals surface area contributed by atoms with Gasteiger partial charge in [-0.15, -0.1) is 23.2 Å². The Morgan fingerprint density at radius 2 is 1.55 bits per heavy atom. The predicted molar refractivity (Wildman–Crippen MR) is 115 cm³/mol. The Hall–Kier alpha value is -2.66. The smallest absolute Gasteiger partial charge is 0.320 e. The number of esters is 1. The van der Waals surface area contributed by atoms with Gasteiger partial charge < -0.3 is 4.74 Å². The molecule has 0 radical (unpaired) electrons. The number of hydrogen-bond acceptors (Lipinski definition) is 11. The molecule has 0 unspecified atom stereocenters. The van der Waals surface area contributed by atoms with Gasteiger partial charge in [0.2, 0.25) is 4.90 Å². The van der Waals surface area contributed by atoms with Crippen LogP contribution in [0.2, 0.25) is 0 Å². The van der Waals surface area contributed by atoms with Gasteiger partial charge in [0.15, 0.2) is 0 Å². The minimum absolute atomic E-state index is 0.202. The highest BCUT2D eigenvalue weighted by atomic mass is 35.5. The van der Waals surface area contributed by atoms with E-state index in [9.17, 15) is 43.6 Å². The van der Waals surface area contributed by atoms with Crippen molar-refractivity contribution in [3.63, 3.8) is 0 Å². The lowest BCUT2D eigenvalue weighted by Crippen LogP contribution is -2.33. The molecule has 1 N–H and O–H groups in total. The number of hydrogen-bond donors (Lipinski definition) is 1. The lowest BCUT2D eigenvalue weighted by molar-refractivity contribution is -0.407. The molecule has 1 aromatic rings. The van der Waals surface area contributed by atoms with E-state index in [4.69, 9.17) is 32.5 Å². The first-order valence-corrected chi connectivity index (χ1v) is 11.4.